The first-order chi connectivity index (χ1) is 19.3. The van der Waals surface area contributed by atoms with Crippen molar-refractivity contribution in [1.29, 1.82) is 0 Å². The third-order valence-electron chi connectivity index (χ3n) is 9.08. The third kappa shape index (κ3) is 5.57. The molecule has 0 radical (unpaired) electrons. The van der Waals surface area contributed by atoms with Gasteiger partial charge in [0.05, 0.1) is 10.9 Å². The van der Waals surface area contributed by atoms with E-state index in [1.807, 2.05) is 17.0 Å². The van der Waals surface area contributed by atoms with E-state index in [4.69, 9.17) is 23.2 Å². The second kappa shape index (κ2) is 11.3. The molecule has 1 aromatic carbocycles. The van der Waals surface area contributed by atoms with Gasteiger partial charge in [0.25, 0.3) is 0 Å². The minimum Gasteiger partial charge on any atom is -0.352 e. The number of anilines is 1. The van der Waals surface area contributed by atoms with Crippen molar-refractivity contribution in [2.24, 2.45) is 11.3 Å². The Hall–Kier alpha value is -2.00. The number of carbonyl (C=O) groups excluding carboxylic acids is 2. The zero-order chi connectivity index (χ0) is 29.7. The first-order valence-corrected chi connectivity index (χ1v) is 15.3. The van der Waals surface area contributed by atoms with Gasteiger partial charge in [-0.05, 0) is 61.3 Å². The smallest absolute Gasteiger partial charge is 0.238 e. The fourth-order valence-corrected chi connectivity index (χ4v) is 7.58. The number of hydrogen-bond donors (Lipinski definition) is 3. The number of alkyl halides is 2. The largest absolute Gasteiger partial charge is 0.352 e. The molecular weight excluding hydrogens is 569 g/mol. The SMILES string of the molecule is CC(C)(C)C[C@H]1N[C@@H](C(=O)NC2CCN(CCF)CC2)[C@H](C2=C(F)C(C)(Cl)CC=C2)[C@@]12C(=O)Nc1cc(Cl)ccc12. The lowest BCUT2D eigenvalue weighted by molar-refractivity contribution is -0.125. The van der Waals surface area contributed by atoms with Crippen LogP contribution in [0.25, 0.3) is 0 Å². The summed E-state index contributed by atoms with van der Waals surface area (Å²) >= 11 is 13.0. The fraction of sp³-hybridized carbons (Fsp3) is 0.613. The van der Waals surface area contributed by atoms with E-state index in [9.17, 15) is 14.0 Å². The molecule has 2 fully saturated rings. The highest BCUT2D eigenvalue weighted by Crippen LogP contribution is 2.57. The van der Waals surface area contributed by atoms with E-state index in [1.165, 1.54) is 0 Å². The van der Waals surface area contributed by atoms with Crippen molar-refractivity contribution in [2.45, 2.75) is 81.8 Å². The summed E-state index contributed by atoms with van der Waals surface area (Å²) in [5.41, 5.74) is 0.0536. The summed E-state index contributed by atoms with van der Waals surface area (Å²) in [6, 6.07) is 3.80. The van der Waals surface area contributed by atoms with E-state index >= 15 is 4.39 Å². The van der Waals surface area contributed by atoms with Gasteiger partial charge in [-0.3, -0.25) is 9.59 Å². The van der Waals surface area contributed by atoms with Crippen molar-refractivity contribution in [3.05, 3.63) is 52.3 Å². The van der Waals surface area contributed by atoms with E-state index in [2.05, 4.69) is 36.7 Å². The van der Waals surface area contributed by atoms with Crippen molar-refractivity contribution in [2.75, 3.05) is 31.6 Å². The number of allylic oxidation sites excluding steroid dienone is 3. The molecule has 5 atom stereocenters. The molecule has 1 spiro atoms. The topological polar surface area (TPSA) is 73.5 Å². The quantitative estimate of drug-likeness (QED) is 0.365. The van der Waals surface area contributed by atoms with Gasteiger partial charge in [0.15, 0.2) is 0 Å². The van der Waals surface area contributed by atoms with Crippen LogP contribution >= 0.6 is 23.2 Å². The zero-order valence-electron chi connectivity index (χ0n) is 24.1. The number of nitrogens with zero attached hydrogens (tertiary/aromatic N) is 1. The van der Waals surface area contributed by atoms with Gasteiger partial charge in [-0.25, -0.2) is 8.78 Å². The Kier molecular flexibility index (Phi) is 8.36. The highest BCUT2D eigenvalue weighted by molar-refractivity contribution is 6.31. The standard InChI is InChI=1S/C31H40Cl2F2N4O2/c1-29(2,3)17-23-31(21-8-7-18(32)16-22(21)37-28(31)41)24(20-6-5-11-30(4,33)26(20)35)25(38-23)27(40)36-19-9-13-39(14-10-19)15-12-34/h5-8,16,19,23-25,38H,9-15,17H2,1-4H3,(H,36,40)(H,37,41)/t23-,24+,25-,30?,31+/m1/s1. The Labute approximate surface area is 251 Å². The third-order valence-corrected chi connectivity index (χ3v) is 9.64. The molecule has 4 aliphatic rings. The Balaban J connectivity index is 1.61. The minimum absolute atomic E-state index is 0.0963. The molecule has 3 heterocycles. The van der Waals surface area contributed by atoms with Gasteiger partial charge in [0.2, 0.25) is 11.8 Å². The van der Waals surface area contributed by atoms with E-state index in [0.29, 0.717) is 61.6 Å². The number of likely N-dealkylation sites (tertiary alicyclic amines) is 1. The molecule has 1 unspecified atom stereocenters. The van der Waals surface area contributed by atoms with Gasteiger partial charge in [0.1, 0.15) is 17.9 Å². The van der Waals surface area contributed by atoms with Crippen LogP contribution in [0.3, 0.4) is 0 Å². The lowest BCUT2D eigenvalue weighted by Crippen LogP contribution is -2.53. The van der Waals surface area contributed by atoms with Crippen molar-refractivity contribution in [1.82, 2.24) is 15.5 Å². The van der Waals surface area contributed by atoms with Crippen LogP contribution in [0.1, 0.15) is 58.9 Å². The van der Waals surface area contributed by atoms with Crippen LogP contribution in [-0.2, 0) is 15.0 Å². The van der Waals surface area contributed by atoms with E-state index < -0.39 is 40.8 Å². The predicted octanol–water partition coefficient (Wildman–Crippen LogP) is 5.65. The van der Waals surface area contributed by atoms with E-state index in [1.54, 1.807) is 25.1 Å². The normalized spacial score (nSPS) is 32.5. The number of fused-ring (bicyclic) bond motifs is 2. The number of benzene rings is 1. The van der Waals surface area contributed by atoms with Crippen LogP contribution in [0, 0.1) is 11.3 Å². The van der Waals surface area contributed by atoms with Crippen LogP contribution in [0.5, 0.6) is 0 Å². The molecule has 1 aromatic rings. The second-order valence-electron chi connectivity index (χ2n) is 13.3. The Morgan fingerprint density at radius 2 is 1.95 bits per heavy atom. The van der Waals surface area contributed by atoms with Crippen LogP contribution in [-0.4, -0.2) is 66.0 Å². The Morgan fingerprint density at radius 3 is 2.61 bits per heavy atom. The maximum atomic E-state index is 16.3. The highest BCUT2D eigenvalue weighted by atomic mass is 35.5. The molecule has 0 saturated carbocycles. The van der Waals surface area contributed by atoms with Gasteiger partial charge in [0, 0.05) is 48.3 Å². The Morgan fingerprint density at radius 1 is 1.24 bits per heavy atom. The number of nitrogens with one attached hydrogen (secondary N) is 3. The summed E-state index contributed by atoms with van der Waals surface area (Å²) in [5, 5.41) is 10.2. The number of carbonyl (C=O) groups is 2. The molecule has 10 heteroatoms. The number of amides is 2. The fourth-order valence-electron chi connectivity index (χ4n) is 7.21. The first kappa shape index (κ1) is 30.5. The van der Waals surface area contributed by atoms with Crippen LogP contribution in [0.2, 0.25) is 5.02 Å². The van der Waals surface area contributed by atoms with Crippen LogP contribution in [0.4, 0.5) is 14.5 Å². The molecule has 2 amide bonds. The summed E-state index contributed by atoms with van der Waals surface area (Å²) < 4.78 is 29.1. The predicted molar refractivity (Wildman–Crippen MR) is 160 cm³/mol. The number of halogens is 4. The summed E-state index contributed by atoms with van der Waals surface area (Å²) in [6.45, 7) is 9.25. The van der Waals surface area contributed by atoms with Crippen LogP contribution in [0.15, 0.2) is 41.8 Å². The molecule has 224 valence electrons. The van der Waals surface area contributed by atoms with Crippen LogP contribution < -0.4 is 16.0 Å². The number of piperidine rings is 1. The van der Waals surface area contributed by atoms with Crippen molar-refractivity contribution in [3.63, 3.8) is 0 Å². The maximum absolute atomic E-state index is 16.3. The second-order valence-corrected chi connectivity index (χ2v) is 14.6. The minimum atomic E-state index is -1.28. The molecular formula is C31H40Cl2F2N4O2. The summed E-state index contributed by atoms with van der Waals surface area (Å²) in [7, 11) is 0. The lowest BCUT2D eigenvalue weighted by atomic mass is 9.61. The molecule has 0 aromatic heterocycles. The van der Waals surface area contributed by atoms with Gasteiger partial charge < -0.3 is 20.9 Å². The molecule has 2 saturated heterocycles. The Bertz CT molecular complexity index is 1270. The highest BCUT2D eigenvalue weighted by Gasteiger charge is 2.66. The van der Waals surface area contributed by atoms with Crippen molar-refractivity contribution < 1.29 is 18.4 Å². The zero-order valence-corrected chi connectivity index (χ0v) is 25.6. The average molecular weight is 610 g/mol. The van der Waals surface area contributed by atoms with E-state index in [-0.39, 0.29) is 28.8 Å². The molecule has 3 aliphatic heterocycles. The van der Waals surface area contributed by atoms with Gasteiger partial charge in [-0.1, -0.05) is 50.6 Å². The summed E-state index contributed by atoms with van der Waals surface area (Å²) in [5.74, 6) is -1.94. The monoisotopic (exact) mass is 608 g/mol. The molecule has 5 rings (SSSR count). The average Bonchev–Trinajstić information content (AvgIpc) is 3.36. The molecule has 3 N–H and O–H groups in total. The summed E-state index contributed by atoms with van der Waals surface area (Å²) in [6.07, 6.45) is 5.76. The molecule has 41 heavy (non-hydrogen) atoms. The lowest BCUT2D eigenvalue weighted by Gasteiger charge is -2.39. The first-order valence-electron chi connectivity index (χ1n) is 14.5. The summed E-state index contributed by atoms with van der Waals surface area (Å²) in [4.78, 5) is 29.2. The maximum Gasteiger partial charge on any atom is 0.238 e. The molecule has 0 bridgehead atoms. The van der Waals surface area contributed by atoms with Gasteiger partial charge in [-0.2, -0.15) is 0 Å². The van der Waals surface area contributed by atoms with Gasteiger partial charge >= 0.3 is 0 Å². The van der Waals surface area contributed by atoms with Crippen molar-refractivity contribution in [3.8, 4) is 0 Å². The molecule has 6 nitrogen and oxygen atoms in total. The molecule has 1 aliphatic carbocycles. The number of rotatable bonds is 6. The van der Waals surface area contributed by atoms with Gasteiger partial charge in [-0.15, -0.1) is 11.6 Å². The number of hydrogen-bond acceptors (Lipinski definition) is 4. The van der Waals surface area contributed by atoms with E-state index in [0.717, 1.165) is 0 Å². The van der Waals surface area contributed by atoms with Crippen molar-refractivity contribution >= 4 is 40.7 Å².